The van der Waals surface area contributed by atoms with Gasteiger partial charge in [0.15, 0.2) is 0 Å². The highest BCUT2D eigenvalue weighted by atomic mass is 79.9. The molecule has 1 aliphatic carbocycles. The minimum Gasteiger partial charge on any atom is -0.388 e. The Hall–Kier alpha value is -0.450. The second-order valence-corrected chi connectivity index (χ2v) is 8.46. The molecule has 1 aliphatic rings. The zero-order valence-corrected chi connectivity index (χ0v) is 14.9. The molecule has 0 aromatic carbocycles. The topological polar surface area (TPSA) is 59.1 Å². The number of rotatable bonds is 3. The summed E-state index contributed by atoms with van der Waals surface area (Å²) >= 11 is 3.42. The van der Waals surface area contributed by atoms with Crippen molar-refractivity contribution >= 4 is 15.9 Å². The summed E-state index contributed by atoms with van der Waals surface area (Å²) in [5, 5.41) is 10.9. The molecule has 21 heavy (non-hydrogen) atoms. The first-order valence-electron chi connectivity index (χ1n) is 7.77. The van der Waals surface area contributed by atoms with Crippen LogP contribution in [-0.2, 0) is 0 Å². The van der Waals surface area contributed by atoms with Crippen molar-refractivity contribution in [1.29, 1.82) is 0 Å². The first-order valence-corrected chi connectivity index (χ1v) is 8.56. The van der Waals surface area contributed by atoms with Gasteiger partial charge in [0.1, 0.15) is 0 Å². The van der Waals surface area contributed by atoms with Gasteiger partial charge < -0.3 is 10.8 Å². The van der Waals surface area contributed by atoms with Crippen molar-refractivity contribution in [2.24, 2.45) is 22.5 Å². The number of hydrogen-bond donors (Lipinski definition) is 2. The largest absolute Gasteiger partial charge is 0.388 e. The molecule has 3 N–H and O–H groups in total. The highest BCUT2D eigenvalue weighted by molar-refractivity contribution is 9.10. The van der Waals surface area contributed by atoms with Crippen molar-refractivity contribution < 1.29 is 5.11 Å². The van der Waals surface area contributed by atoms with Gasteiger partial charge >= 0.3 is 0 Å². The van der Waals surface area contributed by atoms with Gasteiger partial charge in [0.05, 0.1) is 6.10 Å². The molecule has 0 saturated heterocycles. The summed E-state index contributed by atoms with van der Waals surface area (Å²) in [5.74, 6) is 0.713. The molecule has 1 aromatic heterocycles. The first kappa shape index (κ1) is 16.9. The summed E-state index contributed by atoms with van der Waals surface area (Å²) in [6.07, 6.45) is 7.20. The Morgan fingerprint density at radius 3 is 2.48 bits per heavy atom. The third-order valence-electron chi connectivity index (χ3n) is 5.23. The molecule has 1 heterocycles. The van der Waals surface area contributed by atoms with Gasteiger partial charge in [-0.1, -0.05) is 20.8 Å². The third-order valence-corrected chi connectivity index (χ3v) is 5.67. The molecule has 2 rings (SSSR count). The Balaban J connectivity index is 2.16. The number of aliphatic hydroxyl groups is 1. The van der Waals surface area contributed by atoms with Gasteiger partial charge in [-0.05, 0) is 59.0 Å². The quantitative estimate of drug-likeness (QED) is 0.860. The molecule has 0 radical (unpaired) electrons. The number of nitrogens with zero attached hydrogens (tertiary/aromatic N) is 1. The second kappa shape index (κ2) is 6.35. The fraction of sp³-hybridized carbons (Fsp3) is 0.706. The van der Waals surface area contributed by atoms with Crippen molar-refractivity contribution in [2.45, 2.75) is 52.6 Å². The van der Waals surface area contributed by atoms with E-state index in [1.807, 2.05) is 6.07 Å². The van der Waals surface area contributed by atoms with Crippen LogP contribution >= 0.6 is 15.9 Å². The predicted molar refractivity (Wildman–Crippen MR) is 89.8 cm³/mol. The smallest absolute Gasteiger partial charge is 0.0873 e. The van der Waals surface area contributed by atoms with E-state index in [2.05, 4.69) is 41.7 Å². The van der Waals surface area contributed by atoms with Crippen molar-refractivity contribution in [3.63, 3.8) is 0 Å². The van der Waals surface area contributed by atoms with Gasteiger partial charge in [0.25, 0.3) is 0 Å². The molecule has 4 heteroatoms. The van der Waals surface area contributed by atoms with Crippen molar-refractivity contribution in [3.05, 3.63) is 28.5 Å². The van der Waals surface area contributed by atoms with Crippen molar-refractivity contribution in [2.75, 3.05) is 6.54 Å². The van der Waals surface area contributed by atoms with E-state index >= 15 is 0 Å². The molecule has 1 aromatic rings. The average Bonchev–Trinajstić information content (AvgIpc) is 2.45. The van der Waals surface area contributed by atoms with E-state index in [4.69, 9.17) is 5.73 Å². The third kappa shape index (κ3) is 3.66. The van der Waals surface area contributed by atoms with Gasteiger partial charge in [-0.2, -0.15) is 0 Å². The molecule has 3 nitrogen and oxygen atoms in total. The summed E-state index contributed by atoms with van der Waals surface area (Å²) in [5.41, 5.74) is 7.07. The van der Waals surface area contributed by atoms with Crippen LogP contribution in [0.5, 0.6) is 0 Å². The standard InChI is InChI=1S/C17H27BrN2O/c1-16(2,3)13-4-6-17(11-19,7-5-13)15(21)12-8-14(18)10-20-9-12/h8-10,13,15,21H,4-7,11,19H2,1-3H3. The van der Waals surface area contributed by atoms with Crippen molar-refractivity contribution in [3.8, 4) is 0 Å². The molecule has 1 atom stereocenters. The normalized spacial score (nSPS) is 28.4. The average molecular weight is 355 g/mol. The molecular formula is C17H27BrN2O. The Morgan fingerprint density at radius 2 is 2.00 bits per heavy atom. The predicted octanol–water partition coefficient (Wildman–Crippen LogP) is 4.06. The van der Waals surface area contributed by atoms with E-state index < -0.39 is 6.10 Å². The molecule has 1 fully saturated rings. The lowest BCUT2D eigenvalue weighted by Crippen LogP contribution is -2.42. The van der Waals surface area contributed by atoms with Crippen LogP contribution in [0, 0.1) is 16.7 Å². The molecule has 0 amide bonds. The Morgan fingerprint density at radius 1 is 1.38 bits per heavy atom. The van der Waals surface area contributed by atoms with Crippen LogP contribution in [0.2, 0.25) is 0 Å². The number of hydrogen-bond acceptors (Lipinski definition) is 3. The molecule has 0 spiro atoms. The van der Waals surface area contributed by atoms with Crippen LogP contribution in [0.25, 0.3) is 0 Å². The van der Waals surface area contributed by atoms with Crippen LogP contribution in [0.1, 0.15) is 58.1 Å². The van der Waals surface area contributed by atoms with Gasteiger partial charge in [-0.25, -0.2) is 0 Å². The monoisotopic (exact) mass is 354 g/mol. The molecule has 0 bridgehead atoms. The number of nitrogens with two attached hydrogens (primary N) is 1. The SMILES string of the molecule is CC(C)(C)C1CCC(CN)(C(O)c2cncc(Br)c2)CC1. The van der Waals surface area contributed by atoms with E-state index in [0.29, 0.717) is 17.9 Å². The zero-order chi connectivity index (χ0) is 15.7. The molecule has 1 unspecified atom stereocenters. The molecular weight excluding hydrogens is 328 g/mol. The van der Waals surface area contributed by atoms with Gasteiger partial charge in [0.2, 0.25) is 0 Å². The molecule has 1 saturated carbocycles. The lowest BCUT2D eigenvalue weighted by atomic mass is 9.61. The fourth-order valence-electron chi connectivity index (χ4n) is 3.58. The summed E-state index contributed by atoms with van der Waals surface area (Å²) in [4.78, 5) is 4.17. The Labute approximate surface area is 136 Å². The van der Waals surface area contributed by atoms with Crippen LogP contribution in [-0.4, -0.2) is 16.6 Å². The van der Waals surface area contributed by atoms with Gasteiger partial charge in [0, 0.05) is 34.4 Å². The Kier molecular flexibility index (Phi) is 5.11. The van der Waals surface area contributed by atoms with Crippen molar-refractivity contribution in [1.82, 2.24) is 4.98 Å². The van der Waals surface area contributed by atoms with E-state index in [1.165, 1.54) is 0 Å². The first-order chi connectivity index (χ1) is 9.78. The lowest BCUT2D eigenvalue weighted by Gasteiger charge is -2.46. The van der Waals surface area contributed by atoms with Crippen LogP contribution in [0.15, 0.2) is 22.9 Å². The van der Waals surface area contributed by atoms with Crippen LogP contribution in [0.4, 0.5) is 0 Å². The van der Waals surface area contributed by atoms with Gasteiger partial charge in [-0.3, -0.25) is 4.98 Å². The maximum Gasteiger partial charge on any atom is 0.0873 e. The Bertz CT molecular complexity index is 476. The summed E-state index contributed by atoms with van der Waals surface area (Å²) < 4.78 is 0.898. The highest BCUT2D eigenvalue weighted by Gasteiger charge is 2.43. The molecule has 118 valence electrons. The summed E-state index contributed by atoms with van der Waals surface area (Å²) in [6, 6.07) is 1.95. The number of halogens is 1. The maximum absolute atomic E-state index is 10.9. The van der Waals surface area contributed by atoms with E-state index in [0.717, 1.165) is 35.7 Å². The maximum atomic E-state index is 10.9. The minimum absolute atomic E-state index is 0.204. The zero-order valence-electron chi connectivity index (χ0n) is 13.3. The highest BCUT2D eigenvalue weighted by Crippen LogP contribution is 2.50. The van der Waals surface area contributed by atoms with Gasteiger partial charge in [-0.15, -0.1) is 0 Å². The minimum atomic E-state index is -0.534. The number of aliphatic hydroxyl groups excluding tert-OH is 1. The van der Waals surface area contributed by atoms with E-state index in [9.17, 15) is 5.11 Å². The lowest BCUT2D eigenvalue weighted by molar-refractivity contribution is -0.0236. The fourth-order valence-corrected chi connectivity index (χ4v) is 3.96. The second-order valence-electron chi connectivity index (χ2n) is 7.55. The molecule has 0 aliphatic heterocycles. The number of pyridine rings is 1. The summed E-state index contributed by atoms with van der Waals surface area (Å²) in [6.45, 7) is 7.45. The van der Waals surface area contributed by atoms with Crippen LogP contribution < -0.4 is 5.73 Å². The van der Waals surface area contributed by atoms with Crippen LogP contribution in [0.3, 0.4) is 0 Å². The number of aromatic nitrogens is 1. The van der Waals surface area contributed by atoms with E-state index in [-0.39, 0.29) is 5.41 Å². The van der Waals surface area contributed by atoms with E-state index in [1.54, 1.807) is 12.4 Å². The summed E-state index contributed by atoms with van der Waals surface area (Å²) in [7, 11) is 0.